The number of carbonyl (C=O) groups excluding carboxylic acids is 2. The summed E-state index contributed by atoms with van der Waals surface area (Å²) in [6.45, 7) is 26.0. The minimum Gasteiger partial charge on any atom is -0.466 e. The molecule has 6 atom stereocenters. The second-order valence-corrected chi connectivity index (χ2v) is 24.3. The Bertz CT molecular complexity index is 903. The van der Waals surface area contributed by atoms with E-state index < -0.39 is 0 Å². The first-order valence-electron chi connectivity index (χ1n) is 26.2. The summed E-state index contributed by atoms with van der Waals surface area (Å²) in [4.78, 5) is 27.5. The molecule has 0 aromatic carbocycles. The zero-order chi connectivity index (χ0) is 45.0. The van der Waals surface area contributed by atoms with Gasteiger partial charge in [-0.2, -0.15) is 0 Å². The molecule has 0 saturated heterocycles. The van der Waals surface area contributed by atoms with Crippen LogP contribution in [-0.2, 0) is 19.1 Å². The van der Waals surface area contributed by atoms with Crippen molar-refractivity contribution in [1.82, 2.24) is 4.90 Å². The van der Waals surface area contributed by atoms with E-state index in [4.69, 9.17) is 9.47 Å². The zero-order valence-electron chi connectivity index (χ0n) is 42.8. The Morgan fingerprint density at radius 3 is 0.967 bits per heavy atom. The van der Waals surface area contributed by atoms with Crippen molar-refractivity contribution in [3.63, 3.8) is 0 Å². The largest absolute Gasteiger partial charge is 0.466 e. The number of hydrogen-bond acceptors (Lipinski definition) is 5. The molecule has 60 heavy (non-hydrogen) atoms. The number of rotatable bonds is 43. The van der Waals surface area contributed by atoms with Crippen molar-refractivity contribution in [1.29, 1.82) is 0 Å². The van der Waals surface area contributed by atoms with Crippen molar-refractivity contribution in [2.45, 2.75) is 236 Å². The molecule has 0 fully saturated rings. The second-order valence-electron chi connectivity index (χ2n) is 21.6. The van der Waals surface area contributed by atoms with Crippen molar-refractivity contribution in [2.75, 3.05) is 52.3 Å². The summed E-state index contributed by atoms with van der Waals surface area (Å²) in [5.74, 6) is 6.20. The maximum atomic E-state index is 12.6. The lowest BCUT2D eigenvalue weighted by molar-refractivity contribution is -0.144. The summed E-state index contributed by atoms with van der Waals surface area (Å²) < 4.78 is 11.4. The smallest absolute Gasteiger partial charge is 0.305 e. The first-order valence-corrected chi connectivity index (χ1v) is 28.1. The van der Waals surface area contributed by atoms with Gasteiger partial charge in [0.15, 0.2) is 0 Å². The van der Waals surface area contributed by atoms with E-state index in [1.165, 1.54) is 135 Å². The lowest BCUT2D eigenvalue weighted by atomic mass is 9.91. The van der Waals surface area contributed by atoms with E-state index >= 15 is 0 Å². The van der Waals surface area contributed by atoms with Crippen LogP contribution in [0, 0.1) is 47.3 Å². The predicted octanol–water partition coefficient (Wildman–Crippen LogP) is 16.4. The van der Waals surface area contributed by atoms with Crippen molar-refractivity contribution in [3.8, 4) is 0 Å². The highest BCUT2D eigenvalue weighted by molar-refractivity contribution is 7.57. The van der Waals surface area contributed by atoms with Gasteiger partial charge in [-0.25, -0.2) is 0 Å². The Hall–Kier alpha value is -0.670. The predicted molar refractivity (Wildman–Crippen MR) is 267 cm³/mol. The molecule has 5 nitrogen and oxygen atoms in total. The van der Waals surface area contributed by atoms with Gasteiger partial charge in [-0.05, 0) is 125 Å². The molecule has 358 valence electrons. The van der Waals surface area contributed by atoms with Crippen molar-refractivity contribution in [2.24, 2.45) is 47.3 Å². The van der Waals surface area contributed by atoms with Crippen LogP contribution in [0.15, 0.2) is 0 Å². The number of nitrogens with zero attached hydrogens (tertiary/aromatic N) is 1. The minimum absolute atomic E-state index is 0.0305. The maximum absolute atomic E-state index is 12.6. The molecular weight excluding hydrogens is 758 g/mol. The highest BCUT2D eigenvalue weighted by Crippen LogP contribution is 2.39. The van der Waals surface area contributed by atoms with E-state index in [-0.39, 0.29) is 19.9 Å². The molecule has 0 aromatic rings. The molecule has 0 rings (SSSR count). The van der Waals surface area contributed by atoms with Crippen LogP contribution in [0.3, 0.4) is 0 Å². The van der Waals surface area contributed by atoms with E-state index in [2.05, 4.69) is 88.2 Å². The topological polar surface area (TPSA) is 55.8 Å². The molecule has 0 heterocycles. The average molecular weight is 866 g/mol. The maximum Gasteiger partial charge on any atom is 0.305 e. The fraction of sp³-hybridized carbons (Fsp3) is 0.963. The van der Waals surface area contributed by atoms with E-state index in [0.29, 0.717) is 37.9 Å². The number of carbonyl (C=O) groups is 2. The van der Waals surface area contributed by atoms with Crippen molar-refractivity contribution in [3.05, 3.63) is 0 Å². The third kappa shape index (κ3) is 41.3. The second kappa shape index (κ2) is 39.9. The highest BCUT2D eigenvalue weighted by atomic mass is 31.1. The van der Waals surface area contributed by atoms with E-state index in [0.717, 1.165) is 80.1 Å². The average Bonchev–Trinajstić information content (AvgIpc) is 3.16. The molecule has 0 N–H and O–H groups in total. The lowest BCUT2D eigenvalue weighted by Crippen LogP contribution is -2.13. The van der Waals surface area contributed by atoms with Crippen LogP contribution in [-0.4, -0.2) is 69.2 Å². The Morgan fingerprint density at radius 1 is 0.383 bits per heavy atom. The third-order valence-electron chi connectivity index (χ3n) is 13.3. The minimum atomic E-state index is -0.184. The van der Waals surface area contributed by atoms with Crippen molar-refractivity contribution >= 4 is 19.9 Å². The van der Waals surface area contributed by atoms with Crippen LogP contribution >= 0.6 is 7.92 Å². The Morgan fingerprint density at radius 2 is 0.667 bits per heavy atom. The normalized spacial score (nSPS) is 15.6. The van der Waals surface area contributed by atoms with Crippen LogP contribution in [0.5, 0.6) is 0 Å². The molecule has 0 amide bonds. The molecule has 6 heteroatoms. The van der Waals surface area contributed by atoms with Gasteiger partial charge in [0.25, 0.3) is 0 Å². The molecule has 0 radical (unpaired) electrons. The summed E-state index contributed by atoms with van der Waals surface area (Å²) in [5, 5.41) is 0. The fourth-order valence-electron chi connectivity index (χ4n) is 8.76. The first-order chi connectivity index (χ1) is 28.6. The SMILES string of the molecule is CC(C)CCCC(C)CCCC(C)CCCC(C)CCOC(=O)CCCP(CCCCN(C)C)CCCC(=O)OCCC(C)CCCC(C)CCCC(C)CCCC(C)C. The first kappa shape index (κ1) is 59.3. The number of hydrogen-bond donors (Lipinski definition) is 0. The molecule has 0 aliphatic heterocycles. The Kier molecular flexibility index (Phi) is 39.4. The summed E-state index contributed by atoms with van der Waals surface area (Å²) in [6.07, 6.45) is 34.9. The molecule has 0 spiro atoms. The monoisotopic (exact) mass is 866 g/mol. The zero-order valence-corrected chi connectivity index (χ0v) is 43.7. The Balaban J connectivity index is 4.21. The van der Waals surface area contributed by atoms with Gasteiger partial charge in [-0.3, -0.25) is 9.59 Å². The van der Waals surface area contributed by atoms with Crippen LogP contribution < -0.4 is 0 Å². The van der Waals surface area contributed by atoms with Crippen LogP contribution in [0.25, 0.3) is 0 Å². The van der Waals surface area contributed by atoms with Gasteiger partial charge in [0.1, 0.15) is 0 Å². The summed E-state index contributed by atoms with van der Waals surface area (Å²) in [6, 6.07) is 0. The quantitative estimate of drug-likeness (QED) is 0.0347. The van der Waals surface area contributed by atoms with Gasteiger partial charge in [-0.1, -0.05) is 185 Å². The molecule has 0 saturated carbocycles. The van der Waals surface area contributed by atoms with Gasteiger partial charge in [0.05, 0.1) is 13.2 Å². The summed E-state index contributed by atoms with van der Waals surface area (Å²) >= 11 is 0. The van der Waals surface area contributed by atoms with E-state index in [1.54, 1.807) is 0 Å². The van der Waals surface area contributed by atoms with Gasteiger partial charge in [0, 0.05) is 12.8 Å². The standard InChI is InChI=1S/C54H108NO4P/c1-45(2)23-15-25-47(5)27-17-29-49(7)31-19-33-51(9)37-40-58-53(56)35-21-43-60(42-14-13-39-55(11)12)44-22-36-54(57)59-41-38-52(10)34-20-32-50(8)30-18-28-48(6)26-16-24-46(3)4/h45-52H,13-44H2,1-12H3. The third-order valence-corrected chi connectivity index (χ3v) is 16.2. The number of esters is 2. The van der Waals surface area contributed by atoms with Crippen LogP contribution in [0.1, 0.15) is 236 Å². The lowest BCUT2D eigenvalue weighted by Gasteiger charge is -2.19. The van der Waals surface area contributed by atoms with Gasteiger partial charge >= 0.3 is 11.9 Å². The molecule has 0 aliphatic rings. The molecular formula is C54H108NO4P. The van der Waals surface area contributed by atoms with E-state index in [1.807, 2.05) is 0 Å². The Labute approximate surface area is 378 Å². The van der Waals surface area contributed by atoms with Gasteiger partial charge in [0.2, 0.25) is 0 Å². The van der Waals surface area contributed by atoms with E-state index in [9.17, 15) is 9.59 Å². The van der Waals surface area contributed by atoms with Gasteiger partial charge in [-0.15, -0.1) is 7.92 Å². The summed E-state index contributed by atoms with van der Waals surface area (Å²) in [7, 11) is 4.10. The number of ether oxygens (including phenoxy) is 2. The number of unbranched alkanes of at least 4 members (excludes halogenated alkanes) is 1. The highest BCUT2D eigenvalue weighted by Gasteiger charge is 2.15. The fourth-order valence-corrected chi connectivity index (χ4v) is 11.3. The molecule has 0 aromatic heterocycles. The molecule has 0 aliphatic carbocycles. The van der Waals surface area contributed by atoms with Crippen LogP contribution in [0.4, 0.5) is 0 Å². The molecule has 0 bridgehead atoms. The van der Waals surface area contributed by atoms with Crippen LogP contribution in [0.2, 0.25) is 0 Å². The van der Waals surface area contributed by atoms with Crippen molar-refractivity contribution < 1.29 is 19.1 Å². The van der Waals surface area contributed by atoms with Gasteiger partial charge < -0.3 is 14.4 Å². The molecule has 6 unspecified atom stereocenters. The summed E-state index contributed by atoms with van der Waals surface area (Å²) in [5.41, 5.74) is 0.